The first kappa shape index (κ1) is 33.5. The number of nitrogens with zero attached hydrogens (tertiary/aromatic N) is 2. The number of aliphatic hydroxyl groups excluding tert-OH is 2. The minimum atomic E-state index is -2.24. The maximum atomic E-state index is 13.0. The van der Waals surface area contributed by atoms with Crippen LogP contribution in [0.15, 0.2) is 36.4 Å². The van der Waals surface area contributed by atoms with Crippen LogP contribution in [0.1, 0.15) is 31.4 Å². The fourth-order valence-electron chi connectivity index (χ4n) is 5.34. The van der Waals surface area contributed by atoms with Gasteiger partial charge in [-0.3, -0.25) is 0 Å². The molecule has 1 aliphatic heterocycles. The van der Waals surface area contributed by atoms with Gasteiger partial charge in [-0.25, -0.2) is 9.59 Å². The van der Waals surface area contributed by atoms with Crippen LogP contribution in [0.2, 0.25) is 0 Å². The standard InChI is InChI=1S/C31H40N2O10/c1-19(2)30(18-32,21-9-11-23(39-5)25(17-21)41-7)31(42-28(36)26(34)27(35)29(37)43-31)13-15-33(3)14-12-20-8-10-22(38-4)24(16-20)40-6/h8-11,16-17,19,26-27,34-35H,12-15H2,1-7H3. The van der Waals surface area contributed by atoms with Crippen molar-refractivity contribution in [2.24, 2.45) is 5.92 Å². The monoisotopic (exact) mass is 600 g/mol. The quantitative estimate of drug-likeness (QED) is 0.324. The minimum absolute atomic E-state index is 0.160. The maximum absolute atomic E-state index is 13.0. The highest BCUT2D eigenvalue weighted by Crippen LogP contribution is 2.49. The highest BCUT2D eigenvalue weighted by atomic mass is 16.7. The molecule has 1 fully saturated rings. The highest BCUT2D eigenvalue weighted by Gasteiger charge is 2.64. The van der Waals surface area contributed by atoms with Gasteiger partial charge in [0.15, 0.2) is 40.6 Å². The Morgan fingerprint density at radius 3 is 1.88 bits per heavy atom. The molecule has 1 saturated heterocycles. The van der Waals surface area contributed by atoms with E-state index in [1.165, 1.54) is 14.2 Å². The van der Waals surface area contributed by atoms with Crippen LogP contribution in [0.4, 0.5) is 0 Å². The number of likely N-dealkylation sites (N-methyl/N-ethyl adjacent to an activating group) is 1. The van der Waals surface area contributed by atoms with E-state index in [-0.39, 0.29) is 13.0 Å². The lowest BCUT2D eigenvalue weighted by molar-refractivity contribution is -0.253. The summed E-state index contributed by atoms with van der Waals surface area (Å²) < 4.78 is 33.1. The molecule has 12 nitrogen and oxygen atoms in total. The number of benzene rings is 2. The summed E-state index contributed by atoms with van der Waals surface area (Å²) in [5.41, 5.74) is -0.495. The van der Waals surface area contributed by atoms with Gasteiger partial charge < -0.3 is 43.5 Å². The Balaban J connectivity index is 2.04. The number of cyclic esters (lactones) is 2. The summed E-state index contributed by atoms with van der Waals surface area (Å²) in [5.74, 6) is -3.51. The molecule has 2 aromatic rings. The van der Waals surface area contributed by atoms with Crippen molar-refractivity contribution >= 4 is 11.9 Å². The molecule has 0 aromatic heterocycles. The van der Waals surface area contributed by atoms with Crippen LogP contribution in [0.3, 0.4) is 0 Å². The highest BCUT2D eigenvalue weighted by molar-refractivity contribution is 5.87. The Morgan fingerprint density at radius 2 is 1.40 bits per heavy atom. The van der Waals surface area contributed by atoms with Crippen LogP contribution < -0.4 is 18.9 Å². The van der Waals surface area contributed by atoms with Crippen LogP contribution >= 0.6 is 0 Å². The first-order chi connectivity index (χ1) is 20.4. The molecule has 2 aromatic carbocycles. The summed E-state index contributed by atoms with van der Waals surface area (Å²) in [4.78, 5) is 28.0. The van der Waals surface area contributed by atoms with E-state index in [1.807, 2.05) is 30.1 Å². The SMILES string of the molecule is COc1ccc(CCN(C)CCC2(C(C#N)(c3ccc(OC)c(OC)c3)C(C)C)OC(=O)C(O)C(O)C(=O)O2)cc1OC. The van der Waals surface area contributed by atoms with Crippen molar-refractivity contribution in [3.05, 3.63) is 47.5 Å². The van der Waals surface area contributed by atoms with Gasteiger partial charge >= 0.3 is 11.9 Å². The van der Waals surface area contributed by atoms with E-state index in [0.717, 1.165) is 5.56 Å². The zero-order chi connectivity index (χ0) is 31.9. The van der Waals surface area contributed by atoms with Crippen molar-refractivity contribution in [3.63, 3.8) is 0 Å². The first-order valence-corrected chi connectivity index (χ1v) is 13.8. The molecular weight excluding hydrogens is 560 g/mol. The lowest BCUT2D eigenvalue weighted by atomic mass is 9.65. The van der Waals surface area contributed by atoms with Crippen LogP contribution in [0.5, 0.6) is 23.0 Å². The van der Waals surface area contributed by atoms with Gasteiger partial charge in [0, 0.05) is 19.5 Å². The summed E-state index contributed by atoms with van der Waals surface area (Å²) in [6.07, 6.45) is -3.92. The van der Waals surface area contributed by atoms with Gasteiger partial charge in [-0.15, -0.1) is 0 Å². The largest absolute Gasteiger partial charge is 0.493 e. The van der Waals surface area contributed by atoms with Crippen molar-refractivity contribution in [1.29, 1.82) is 5.26 Å². The summed E-state index contributed by atoms with van der Waals surface area (Å²) >= 11 is 0. The van der Waals surface area contributed by atoms with E-state index < -0.39 is 41.3 Å². The molecule has 0 bridgehead atoms. The molecule has 0 saturated carbocycles. The lowest BCUT2D eigenvalue weighted by Crippen LogP contribution is -2.60. The average molecular weight is 601 g/mol. The van der Waals surface area contributed by atoms with Crippen molar-refractivity contribution in [3.8, 4) is 29.1 Å². The zero-order valence-corrected chi connectivity index (χ0v) is 25.6. The Hall–Kier alpha value is -4.05. The Bertz CT molecular complexity index is 1320. The van der Waals surface area contributed by atoms with Crippen molar-refractivity contribution in [2.75, 3.05) is 48.6 Å². The molecule has 3 atom stereocenters. The number of ether oxygens (including phenoxy) is 6. The third-order valence-electron chi connectivity index (χ3n) is 7.85. The van der Waals surface area contributed by atoms with Crippen LogP contribution in [0, 0.1) is 17.2 Å². The molecule has 1 aliphatic rings. The molecule has 0 aliphatic carbocycles. The third-order valence-corrected chi connectivity index (χ3v) is 7.85. The van der Waals surface area contributed by atoms with Crippen LogP contribution in [-0.2, 0) is 30.9 Å². The Morgan fingerprint density at radius 1 is 0.884 bits per heavy atom. The number of carbonyl (C=O) groups is 2. The summed E-state index contributed by atoms with van der Waals surface area (Å²) in [5, 5.41) is 31.5. The van der Waals surface area contributed by atoms with Gasteiger partial charge in [0.1, 0.15) is 0 Å². The Labute approximate surface area is 251 Å². The number of rotatable bonds is 13. The second-order valence-electron chi connectivity index (χ2n) is 10.6. The molecule has 0 amide bonds. The number of esters is 2. The third kappa shape index (κ3) is 6.49. The van der Waals surface area contributed by atoms with Gasteiger partial charge in [0.25, 0.3) is 5.79 Å². The number of hydrogen-bond donors (Lipinski definition) is 2. The fraction of sp³-hybridized carbons (Fsp3) is 0.516. The molecule has 3 rings (SSSR count). The molecule has 12 heteroatoms. The predicted octanol–water partition coefficient (Wildman–Crippen LogP) is 2.22. The average Bonchev–Trinajstić information content (AvgIpc) is 3.09. The minimum Gasteiger partial charge on any atom is -0.493 e. The number of carbonyl (C=O) groups excluding carboxylic acids is 2. The van der Waals surface area contributed by atoms with E-state index >= 15 is 0 Å². The molecule has 2 N–H and O–H groups in total. The zero-order valence-electron chi connectivity index (χ0n) is 25.6. The van der Waals surface area contributed by atoms with E-state index in [9.17, 15) is 25.1 Å². The van der Waals surface area contributed by atoms with E-state index in [4.69, 9.17) is 28.4 Å². The van der Waals surface area contributed by atoms with E-state index in [1.54, 1.807) is 46.3 Å². The van der Waals surface area contributed by atoms with Crippen LogP contribution in [-0.4, -0.2) is 93.6 Å². The van der Waals surface area contributed by atoms with Crippen molar-refractivity contribution in [1.82, 2.24) is 4.90 Å². The van der Waals surface area contributed by atoms with Gasteiger partial charge in [-0.05, 0) is 54.8 Å². The Kier molecular flexibility index (Phi) is 10.9. The molecule has 234 valence electrons. The smallest absolute Gasteiger partial charge is 0.341 e. The number of methoxy groups -OCH3 is 4. The molecule has 3 unspecified atom stereocenters. The normalized spacial score (nSPS) is 21.7. The fourth-order valence-corrected chi connectivity index (χ4v) is 5.34. The second kappa shape index (κ2) is 13.9. The lowest BCUT2D eigenvalue weighted by Gasteiger charge is -2.46. The van der Waals surface area contributed by atoms with Gasteiger partial charge in [0.2, 0.25) is 0 Å². The van der Waals surface area contributed by atoms with Gasteiger partial charge in [0.05, 0.1) is 34.5 Å². The summed E-state index contributed by atoms with van der Waals surface area (Å²) in [6, 6.07) is 12.6. The van der Waals surface area contributed by atoms with Crippen molar-refractivity contribution < 1.29 is 48.2 Å². The predicted molar refractivity (Wildman–Crippen MR) is 154 cm³/mol. The van der Waals surface area contributed by atoms with Crippen molar-refractivity contribution in [2.45, 2.75) is 50.1 Å². The first-order valence-electron chi connectivity index (χ1n) is 13.8. The molecule has 0 spiro atoms. The van der Waals surface area contributed by atoms with E-state index in [2.05, 4.69) is 6.07 Å². The second-order valence-corrected chi connectivity index (χ2v) is 10.6. The maximum Gasteiger partial charge on any atom is 0.341 e. The number of hydrogen-bond acceptors (Lipinski definition) is 12. The number of nitriles is 1. The summed E-state index contributed by atoms with van der Waals surface area (Å²) in [7, 11) is 7.86. The summed E-state index contributed by atoms with van der Waals surface area (Å²) in [6.45, 7) is 4.18. The van der Waals surface area contributed by atoms with Gasteiger partial charge in [-0.2, -0.15) is 5.26 Å². The van der Waals surface area contributed by atoms with Crippen LogP contribution in [0.25, 0.3) is 0 Å². The van der Waals surface area contributed by atoms with Gasteiger partial charge in [-0.1, -0.05) is 26.0 Å². The molecular formula is C31H40N2O10. The van der Waals surface area contributed by atoms with E-state index in [0.29, 0.717) is 41.5 Å². The topological polar surface area (TPSA) is 157 Å². The molecule has 1 heterocycles. The number of aliphatic hydroxyl groups is 2. The molecule has 0 radical (unpaired) electrons. The molecule has 43 heavy (non-hydrogen) atoms.